The molecule has 0 aliphatic carbocycles. The van der Waals surface area contributed by atoms with Gasteiger partial charge in [0.2, 0.25) is 0 Å². The number of H-pyrrole nitrogens is 1. The minimum atomic E-state index is -0.586. The Balaban J connectivity index is 2.20. The number of hydrogen-bond donors (Lipinski definition) is 1. The minimum absolute atomic E-state index is 0.0369. The zero-order valence-electron chi connectivity index (χ0n) is 17.2. The number of aryl methyl sites for hydroxylation is 1. The lowest BCUT2D eigenvalue weighted by Crippen LogP contribution is -2.34. The largest absolute Gasteiger partial charge is 0.337 e. The number of nitrogens with zero attached hydrogens (tertiary/aromatic N) is 3. The fourth-order valence-electron chi connectivity index (χ4n) is 3.32. The van der Waals surface area contributed by atoms with Crippen LogP contribution in [0.5, 0.6) is 0 Å². The Bertz CT molecular complexity index is 1150. The molecular formula is C22H26N4O3. The van der Waals surface area contributed by atoms with E-state index in [0.717, 1.165) is 5.56 Å². The smallest absolute Gasteiger partial charge is 0.329 e. The van der Waals surface area contributed by atoms with E-state index in [1.165, 1.54) is 4.57 Å². The van der Waals surface area contributed by atoms with E-state index in [1.54, 1.807) is 18.0 Å². The summed E-state index contributed by atoms with van der Waals surface area (Å²) in [4.78, 5) is 46.8. The molecule has 1 amide bonds. The fraction of sp³-hybridized carbons (Fsp3) is 0.364. The Labute approximate surface area is 169 Å². The van der Waals surface area contributed by atoms with Gasteiger partial charge in [0.15, 0.2) is 5.65 Å². The summed E-state index contributed by atoms with van der Waals surface area (Å²) in [6, 6.07) is 11.3. The number of amides is 1. The Morgan fingerprint density at radius 2 is 1.90 bits per heavy atom. The van der Waals surface area contributed by atoms with E-state index in [1.807, 2.05) is 51.1 Å². The molecule has 0 fully saturated rings. The predicted octanol–water partition coefficient (Wildman–Crippen LogP) is 2.89. The van der Waals surface area contributed by atoms with E-state index in [0.29, 0.717) is 25.2 Å². The molecule has 0 saturated carbocycles. The molecule has 7 nitrogen and oxygen atoms in total. The highest BCUT2D eigenvalue weighted by molar-refractivity contribution is 6.05. The number of benzene rings is 1. The second-order valence-electron chi connectivity index (χ2n) is 7.51. The van der Waals surface area contributed by atoms with Gasteiger partial charge in [-0.15, -0.1) is 0 Å². The van der Waals surface area contributed by atoms with E-state index >= 15 is 0 Å². The van der Waals surface area contributed by atoms with Crippen molar-refractivity contribution in [3.63, 3.8) is 0 Å². The van der Waals surface area contributed by atoms with E-state index in [2.05, 4.69) is 9.97 Å². The lowest BCUT2D eigenvalue weighted by molar-refractivity contribution is 0.0786. The van der Waals surface area contributed by atoms with Crippen molar-refractivity contribution in [2.45, 2.75) is 46.2 Å². The minimum Gasteiger partial charge on any atom is -0.337 e. The van der Waals surface area contributed by atoms with Gasteiger partial charge in [-0.3, -0.25) is 19.1 Å². The highest BCUT2D eigenvalue weighted by atomic mass is 16.2. The Hall–Kier alpha value is -3.22. The van der Waals surface area contributed by atoms with Crippen molar-refractivity contribution < 1.29 is 4.79 Å². The third-order valence-corrected chi connectivity index (χ3v) is 4.85. The average Bonchev–Trinajstić information content (AvgIpc) is 2.70. The second kappa shape index (κ2) is 8.43. The van der Waals surface area contributed by atoms with Crippen LogP contribution in [-0.4, -0.2) is 32.4 Å². The number of carbonyl (C=O) groups is 1. The highest BCUT2D eigenvalue weighted by Crippen LogP contribution is 2.21. The summed E-state index contributed by atoms with van der Waals surface area (Å²) in [6.07, 6.45) is 0.700. The van der Waals surface area contributed by atoms with E-state index in [4.69, 9.17) is 0 Å². The van der Waals surface area contributed by atoms with E-state index in [9.17, 15) is 14.4 Å². The van der Waals surface area contributed by atoms with Gasteiger partial charge in [-0.25, -0.2) is 9.78 Å². The molecule has 3 rings (SSSR count). The van der Waals surface area contributed by atoms with Crippen LogP contribution in [-0.2, 0) is 13.1 Å². The van der Waals surface area contributed by atoms with Crippen LogP contribution in [0.4, 0.5) is 0 Å². The summed E-state index contributed by atoms with van der Waals surface area (Å²) in [5.41, 5.74) is 1.10. The molecule has 0 bridgehead atoms. The molecular weight excluding hydrogens is 368 g/mol. The number of fused-ring (bicyclic) bond motifs is 1. The van der Waals surface area contributed by atoms with Crippen LogP contribution in [0.15, 0.2) is 46.0 Å². The number of carbonyl (C=O) groups excluding carboxylic acids is 1. The first-order valence-electron chi connectivity index (χ1n) is 9.80. The molecule has 29 heavy (non-hydrogen) atoms. The molecule has 7 heteroatoms. The van der Waals surface area contributed by atoms with Crippen LogP contribution in [0.2, 0.25) is 0 Å². The van der Waals surface area contributed by atoms with Crippen molar-refractivity contribution in [3.8, 4) is 0 Å². The van der Waals surface area contributed by atoms with E-state index in [-0.39, 0.29) is 28.4 Å². The van der Waals surface area contributed by atoms with Gasteiger partial charge in [-0.05, 0) is 24.0 Å². The lowest BCUT2D eigenvalue weighted by atomic mass is 10.0. The van der Waals surface area contributed by atoms with Crippen molar-refractivity contribution >= 4 is 16.9 Å². The van der Waals surface area contributed by atoms with Crippen LogP contribution in [0.1, 0.15) is 54.7 Å². The molecule has 0 atom stereocenters. The predicted molar refractivity (Wildman–Crippen MR) is 113 cm³/mol. The summed E-state index contributed by atoms with van der Waals surface area (Å²) in [5.74, 6) is -0.245. The highest BCUT2D eigenvalue weighted by Gasteiger charge is 2.22. The molecule has 0 aliphatic rings. The Morgan fingerprint density at radius 1 is 1.21 bits per heavy atom. The van der Waals surface area contributed by atoms with Crippen LogP contribution in [0.25, 0.3) is 11.0 Å². The summed E-state index contributed by atoms with van der Waals surface area (Å²) in [6.45, 7) is 6.69. The molecule has 0 spiro atoms. The van der Waals surface area contributed by atoms with Gasteiger partial charge in [0.1, 0.15) is 0 Å². The first-order chi connectivity index (χ1) is 13.8. The summed E-state index contributed by atoms with van der Waals surface area (Å²) in [5, 5.41) is 0.160. The maximum Gasteiger partial charge on any atom is 0.329 e. The molecule has 2 aromatic heterocycles. The van der Waals surface area contributed by atoms with Gasteiger partial charge in [-0.2, -0.15) is 0 Å². The lowest BCUT2D eigenvalue weighted by Gasteiger charge is -2.20. The van der Waals surface area contributed by atoms with Crippen molar-refractivity contribution in [2.75, 3.05) is 7.05 Å². The topological polar surface area (TPSA) is 88.1 Å². The Kier molecular flexibility index (Phi) is 5.96. The monoisotopic (exact) mass is 394 g/mol. The summed E-state index contributed by atoms with van der Waals surface area (Å²) < 4.78 is 1.44. The van der Waals surface area contributed by atoms with Gasteiger partial charge < -0.3 is 4.90 Å². The standard InChI is InChI=1S/C22H26N4O3/c1-5-11-26-19-18(20(27)24-22(26)29)16(12-17(23-19)14(2)3)21(28)25(4)13-15-9-7-6-8-10-15/h6-10,12,14H,5,11,13H2,1-4H3,(H,24,27,29). The molecule has 1 N–H and O–H groups in total. The maximum atomic E-state index is 13.3. The molecule has 1 aromatic carbocycles. The molecule has 0 aliphatic heterocycles. The molecule has 0 saturated heterocycles. The van der Waals surface area contributed by atoms with Crippen LogP contribution >= 0.6 is 0 Å². The number of aromatic nitrogens is 3. The van der Waals surface area contributed by atoms with Crippen molar-refractivity contribution in [3.05, 3.63) is 74.1 Å². The summed E-state index contributed by atoms with van der Waals surface area (Å²) >= 11 is 0. The number of aromatic amines is 1. The van der Waals surface area contributed by atoms with Gasteiger partial charge in [0.05, 0.1) is 10.9 Å². The molecule has 3 aromatic rings. The third kappa shape index (κ3) is 4.13. The van der Waals surface area contributed by atoms with E-state index < -0.39 is 11.2 Å². The first kappa shape index (κ1) is 20.5. The van der Waals surface area contributed by atoms with Crippen LogP contribution in [0.3, 0.4) is 0 Å². The van der Waals surface area contributed by atoms with Gasteiger partial charge in [-0.1, -0.05) is 51.1 Å². The average molecular weight is 394 g/mol. The van der Waals surface area contributed by atoms with Gasteiger partial charge >= 0.3 is 5.69 Å². The van der Waals surface area contributed by atoms with Gasteiger partial charge in [0.25, 0.3) is 11.5 Å². The summed E-state index contributed by atoms with van der Waals surface area (Å²) in [7, 11) is 1.70. The van der Waals surface area contributed by atoms with Crippen LogP contribution < -0.4 is 11.2 Å². The molecule has 0 unspecified atom stereocenters. The first-order valence-corrected chi connectivity index (χ1v) is 9.80. The van der Waals surface area contributed by atoms with Crippen LogP contribution in [0, 0.1) is 0 Å². The maximum absolute atomic E-state index is 13.3. The zero-order valence-corrected chi connectivity index (χ0v) is 17.2. The number of hydrogen-bond acceptors (Lipinski definition) is 4. The van der Waals surface area contributed by atoms with Gasteiger partial charge in [0, 0.05) is 25.8 Å². The number of nitrogens with one attached hydrogen (secondary N) is 1. The molecule has 0 radical (unpaired) electrons. The Morgan fingerprint density at radius 3 is 2.52 bits per heavy atom. The quantitative estimate of drug-likeness (QED) is 0.696. The SMILES string of the molecule is CCCn1c(=O)[nH]c(=O)c2c(C(=O)N(C)Cc3ccccc3)cc(C(C)C)nc21. The fourth-order valence-corrected chi connectivity index (χ4v) is 3.32. The van der Waals surface area contributed by atoms with Crippen molar-refractivity contribution in [2.24, 2.45) is 0 Å². The number of rotatable bonds is 6. The second-order valence-corrected chi connectivity index (χ2v) is 7.51. The zero-order chi connectivity index (χ0) is 21.1. The normalized spacial score (nSPS) is 11.2. The molecule has 2 heterocycles. The van der Waals surface area contributed by atoms with Crippen molar-refractivity contribution in [1.29, 1.82) is 0 Å². The molecule has 152 valence electrons. The third-order valence-electron chi connectivity index (χ3n) is 4.85. The van der Waals surface area contributed by atoms with Crippen molar-refractivity contribution in [1.82, 2.24) is 19.4 Å². The number of pyridine rings is 1.